The highest BCUT2D eigenvalue weighted by atomic mass is 28.4. The summed E-state index contributed by atoms with van der Waals surface area (Å²) >= 11 is 0. The Labute approximate surface area is 123 Å². The molecule has 114 valence electrons. The molecule has 4 nitrogen and oxygen atoms in total. The largest absolute Gasteiger partial charge is 0.537 e. The molecule has 0 aliphatic heterocycles. The molecular weight excluding hydrogens is 272 g/mol. The van der Waals surface area contributed by atoms with E-state index in [2.05, 4.69) is 13.0 Å². The predicted molar refractivity (Wildman–Crippen MR) is 82.7 cm³/mol. The second-order valence-corrected chi connectivity index (χ2v) is 7.03. The average Bonchev–Trinajstić information content (AvgIpc) is 2.42. The number of hydrogen-bond acceptors (Lipinski definition) is 4. The third-order valence-electron chi connectivity index (χ3n) is 3.20. The molecule has 1 aromatic rings. The van der Waals surface area contributed by atoms with Crippen molar-refractivity contribution in [1.29, 1.82) is 0 Å². The molecule has 0 spiro atoms. The van der Waals surface area contributed by atoms with Crippen LogP contribution in [0.15, 0.2) is 12.1 Å². The van der Waals surface area contributed by atoms with Crippen LogP contribution in [0, 0.1) is 13.8 Å². The smallest absolute Gasteiger partial charge is 0.496 e. The first-order chi connectivity index (χ1) is 9.54. The van der Waals surface area contributed by atoms with Crippen molar-refractivity contribution < 1.29 is 18.0 Å². The second kappa shape index (κ2) is 7.78. The van der Waals surface area contributed by atoms with Crippen molar-refractivity contribution in [1.82, 2.24) is 0 Å². The van der Waals surface area contributed by atoms with Crippen molar-refractivity contribution in [3.8, 4) is 5.75 Å². The van der Waals surface area contributed by atoms with Gasteiger partial charge in [0.15, 0.2) is 0 Å². The van der Waals surface area contributed by atoms with Crippen molar-refractivity contribution in [3.05, 3.63) is 23.3 Å². The van der Waals surface area contributed by atoms with Crippen LogP contribution in [0.25, 0.3) is 0 Å². The van der Waals surface area contributed by atoms with Crippen molar-refractivity contribution in [2.24, 2.45) is 0 Å². The summed E-state index contributed by atoms with van der Waals surface area (Å²) in [5.74, 6) is 0.844. The lowest BCUT2D eigenvalue weighted by molar-refractivity contribution is 0.0858. The quantitative estimate of drug-likeness (QED) is 0.691. The van der Waals surface area contributed by atoms with Crippen LogP contribution in [0.5, 0.6) is 5.75 Å². The third kappa shape index (κ3) is 3.61. The van der Waals surface area contributed by atoms with Gasteiger partial charge in [0.05, 0.1) is 7.11 Å². The third-order valence-corrected chi connectivity index (χ3v) is 6.20. The summed E-state index contributed by atoms with van der Waals surface area (Å²) < 4.78 is 23.2. The van der Waals surface area contributed by atoms with Gasteiger partial charge in [-0.3, -0.25) is 0 Å². The van der Waals surface area contributed by atoms with E-state index in [1.54, 1.807) is 7.11 Å². The van der Waals surface area contributed by atoms with E-state index in [1.807, 2.05) is 33.8 Å². The van der Waals surface area contributed by atoms with Crippen LogP contribution in [0.4, 0.5) is 0 Å². The summed E-state index contributed by atoms with van der Waals surface area (Å²) in [5.41, 5.74) is 2.28. The Morgan fingerprint density at radius 2 is 1.40 bits per heavy atom. The summed E-state index contributed by atoms with van der Waals surface area (Å²) in [7, 11) is -1.18. The first-order valence-electron chi connectivity index (χ1n) is 7.12. The monoisotopic (exact) mass is 298 g/mol. The molecule has 1 rings (SSSR count). The van der Waals surface area contributed by atoms with Gasteiger partial charge in [0.2, 0.25) is 0 Å². The number of hydrogen-bond donors (Lipinski definition) is 0. The van der Waals surface area contributed by atoms with Crippen molar-refractivity contribution in [3.63, 3.8) is 0 Å². The average molecular weight is 298 g/mol. The Bertz CT molecular complexity index is 417. The molecule has 0 atom stereocenters. The van der Waals surface area contributed by atoms with Gasteiger partial charge in [0, 0.05) is 25.0 Å². The van der Waals surface area contributed by atoms with Crippen LogP contribution < -0.4 is 9.92 Å². The highest BCUT2D eigenvalue weighted by molar-refractivity contribution is 6.75. The van der Waals surface area contributed by atoms with Gasteiger partial charge in [0.25, 0.3) is 0 Å². The Hall–Kier alpha value is -0.883. The van der Waals surface area contributed by atoms with Crippen molar-refractivity contribution >= 4 is 14.0 Å². The molecule has 0 N–H and O–H groups in total. The molecule has 0 saturated heterocycles. The first kappa shape index (κ1) is 17.2. The number of benzene rings is 1. The van der Waals surface area contributed by atoms with Crippen LogP contribution in [-0.2, 0) is 13.3 Å². The van der Waals surface area contributed by atoms with Crippen molar-refractivity contribution in [2.75, 3.05) is 26.9 Å². The molecule has 1 aromatic carbocycles. The minimum atomic E-state index is -2.85. The van der Waals surface area contributed by atoms with Gasteiger partial charge in [-0.05, 0) is 51.8 Å². The molecule has 0 radical (unpaired) electrons. The van der Waals surface area contributed by atoms with Gasteiger partial charge in [-0.15, -0.1) is 0 Å². The fraction of sp³-hybridized carbons (Fsp3) is 0.600. The number of methoxy groups -OCH3 is 1. The van der Waals surface area contributed by atoms with Gasteiger partial charge in [-0.1, -0.05) is 6.07 Å². The van der Waals surface area contributed by atoms with Crippen LogP contribution >= 0.6 is 0 Å². The Balaban J connectivity index is 3.34. The highest BCUT2D eigenvalue weighted by Crippen LogP contribution is 2.22. The van der Waals surface area contributed by atoms with Gasteiger partial charge >= 0.3 is 8.80 Å². The van der Waals surface area contributed by atoms with E-state index in [-0.39, 0.29) is 0 Å². The maximum atomic E-state index is 5.93. The summed E-state index contributed by atoms with van der Waals surface area (Å²) in [4.78, 5) is 0. The minimum absolute atomic E-state index is 0.557. The Morgan fingerprint density at radius 1 is 0.900 bits per heavy atom. The van der Waals surface area contributed by atoms with E-state index in [9.17, 15) is 0 Å². The van der Waals surface area contributed by atoms with E-state index in [0.717, 1.165) is 22.1 Å². The van der Waals surface area contributed by atoms with E-state index >= 15 is 0 Å². The zero-order valence-electron chi connectivity index (χ0n) is 13.4. The Kier molecular flexibility index (Phi) is 6.68. The number of aryl methyl sites for hydroxylation is 1. The van der Waals surface area contributed by atoms with Crippen LogP contribution in [0.2, 0.25) is 0 Å². The molecule has 0 amide bonds. The Morgan fingerprint density at radius 3 is 1.80 bits per heavy atom. The molecule has 0 aromatic heterocycles. The molecule has 5 heteroatoms. The predicted octanol–water partition coefficient (Wildman–Crippen LogP) is 2.57. The lowest BCUT2D eigenvalue weighted by Crippen LogP contribution is -2.57. The number of ether oxygens (including phenoxy) is 1. The summed E-state index contributed by atoms with van der Waals surface area (Å²) in [6.45, 7) is 11.6. The second-order valence-electron chi connectivity index (χ2n) is 4.48. The maximum absolute atomic E-state index is 5.93. The maximum Gasteiger partial charge on any atom is 0.537 e. The topological polar surface area (TPSA) is 36.9 Å². The fourth-order valence-electron chi connectivity index (χ4n) is 2.16. The SMILES string of the molecule is CCO[Si](OCC)(OCC)c1cc(C)c(C)c(OC)c1. The van der Waals surface area contributed by atoms with Crippen LogP contribution in [0.1, 0.15) is 31.9 Å². The highest BCUT2D eigenvalue weighted by Gasteiger charge is 2.43. The molecule has 0 fully saturated rings. The minimum Gasteiger partial charge on any atom is -0.496 e. The van der Waals surface area contributed by atoms with Gasteiger partial charge in [0.1, 0.15) is 5.75 Å². The van der Waals surface area contributed by atoms with E-state index in [1.165, 1.54) is 0 Å². The molecule has 0 heterocycles. The van der Waals surface area contributed by atoms with E-state index in [4.69, 9.17) is 18.0 Å². The van der Waals surface area contributed by atoms with Gasteiger partial charge in [-0.25, -0.2) is 0 Å². The summed E-state index contributed by atoms with van der Waals surface area (Å²) in [6, 6.07) is 4.07. The van der Waals surface area contributed by atoms with E-state index < -0.39 is 8.80 Å². The number of rotatable bonds is 8. The summed E-state index contributed by atoms with van der Waals surface area (Å²) in [6.07, 6.45) is 0. The molecular formula is C15H26O4Si. The molecule has 0 unspecified atom stereocenters. The normalized spacial score (nSPS) is 11.7. The zero-order chi connectivity index (χ0) is 15.2. The summed E-state index contributed by atoms with van der Waals surface area (Å²) in [5, 5.41) is 0.961. The standard InChI is InChI=1S/C15H26O4Si/c1-7-17-20(18-8-2,19-9-3)14-10-12(4)13(5)15(11-14)16-6/h10-11H,7-9H2,1-6H3. The van der Waals surface area contributed by atoms with Crippen molar-refractivity contribution in [2.45, 2.75) is 34.6 Å². The molecule has 0 saturated carbocycles. The van der Waals surface area contributed by atoms with Gasteiger partial charge in [-0.2, -0.15) is 0 Å². The molecule has 0 aliphatic carbocycles. The lowest BCUT2D eigenvalue weighted by Gasteiger charge is -2.29. The van der Waals surface area contributed by atoms with Crippen LogP contribution in [0.3, 0.4) is 0 Å². The molecule has 20 heavy (non-hydrogen) atoms. The zero-order valence-corrected chi connectivity index (χ0v) is 14.4. The van der Waals surface area contributed by atoms with Crippen LogP contribution in [-0.4, -0.2) is 35.7 Å². The van der Waals surface area contributed by atoms with E-state index in [0.29, 0.717) is 19.8 Å². The van der Waals surface area contributed by atoms with Gasteiger partial charge < -0.3 is 18.0 Å². The first-order valence-corrected chi connectivity index (χ1v) is 8.84. The fourth-order valence-corrected chi connectivity index (χ4v) is 4.75. The molecule has 0 aliphatic rings. The molecule has 0 bridgehead atoms. The lowest BCUT2D eigenvalue weighted by atomic mass is 10.1.